The Bertz CT molecular complexity index is 586. The third-order valence-corrected chi connectivity index (χ3v) is 3.35. The summed E-state index contributed by atoms with van der Waals surface area (Å²) in [6.07, 6.45) is 3.19. The van der Waals surface area contributed by atoms with Gasteiger partial charge in [0.25, 0.3) is 0 Å². The van der Waals surface area contributed by atoms with E-state index in [1.165, 1.54) is 6.08 Å². The summed E-state index contributed by atoms with van der Waals surface area (Å²) in [6, 6.07) is 6.60. The number of amides is 2. The molecule has 1 fully saturated rings. The molecule has 1 aliphatic rings. The van der Waals surface area contributed by atoms with Gasteiger partial charge in [-0.3, -0.25) is 14.4 Å². The van der Waals surface area contributed by atoms with Crippen LogP contribution < -0.4 is 5.73 Å². The molecule has 1 saturated heterocycles. The van der Waals surface area contributed by atoms with Gasteiger partial charge in [0.15, 0.2) is 0 Å². The molecular formula is C15H16N2O4. The van der Waals surface area contributed by atoms with E-state index in [1.807, 2.05) is 0 Å². The van der Waals surface area contributed by atoms with E-state index in [-0.39, 0.29) is 18.2 Å². The lowest BCUT2D eigenvalue weighted by Crippen LogP contribution is -2.49. The molecule has 1 aliphatic heterocycles. The third-order valence-electron chi connectivity index (χ3n) is 3.35. The number of rotatable bonds is 5. The molecule has 0 atom stereocenters. The van der Waals surface area contributed by atoms with Crippen LogP contribution in [0.5, 0.6) is 0 Å². The molecule has 0 radical (unpaired) electrons. The van der Waals surface area contributed by atoms with Crippen LogP contribution in [-0.4, -0.2) is 40.9 Å². The largest absolute Gasteiger partial charge is 0.481 e. The van der Waals surface area contributed by atoms with Crippen LogP contribution in [0.4, 0.5) is 0 Å². The third kappa shape index (κ3) is 3.92. The van der Waals surface area contributed by atoms with Crippen molar-refractivity contribution in [1.82, 2.24) is 4.90 Å². The number of likely N-dealkylation sites (tertiary alicyclic amines) is 1. The Labute approximate surface area is 121 Å². The van der Waals surface area contributed by atoms with Crippen LogP contribution in [0.3, 0.4) is 0 Å². The quantitative estimate of drug-likeness (QED) is 0.780. The summed E-state index contributed by atoms with van der Waals surface area (Å²) in [7, 11) is 0. The highest BCUT2D eigenvalue weighted by atomic mass is 16.4. The maximum atomic E-state index is 11.8. The zero-order valence-corrected chi connectivity index (χ0v) is 11.4. The van der Waals surface area contributed by atoms with Crippen molar-refractivity contribution in [3.05, 3.63) is 41.5 Å². The maximum Gasteiger partial charge on any atom is 0.303 e. The van der Waals surface area contributed by atoms with Gasteiger partial charge in [-0.2, -0.15) is 0 Å². The first-order valence-corrected chi connectivity index (χ1v) is 6.54. The van der Waals surface area contributed by atoms with Gasteiger partial charge in [-0.25, -0.2) is 0 Å². The highest BCUT2D eigenvalue weighted by Gasteiger charge is 2.30. The van der Waals surface area contributed by atoms with Gasteiger partial charge in [0.05, 0.1) is 6.42 Å². The Kier molecular flexibility index (Phi) is 4.37. The number of carboxylic acids is 1. The Hall–Kier alpha value is -2.63. The molecule has 1 aromatic rings. The van der Waals surface area contributed by atoms with Gasteiger partial charge in [0.2, 0.25) is 11.8 Å². The SMILES string of the molecule is NC(=O)c1ccc(C=CC(=O)N2CC(CC(=O)O)C2)cc1. The Morgan fingerprint density at radius 2 is 1.86 bits per heavy atom. The second-order valence-electron chi connectivity index (χ2n) is 5.03. The Balaban J connectivity index is 1.86. The average Bonchev–Trinajstić information content (AvgIpc) is 2.40. The standard InChI is InChI=1S/C15H16N2O4/c16-15(21)12-4-1-10(2-5-12)3-6-13(18)17-8-11(9-17)7-14(19)20/h1-6,11H,7-9H2,(H2,16,21)(H,19,20). The molecule has 1 heterocycles. The van der Waals surface area contributed by atoms with Gasteiger partial charge < -0.3 is 15.7 Å². The number of benzene rings is 1. The summed E-state index contributed by atoms with van der Waals surface area (Å²) >= 11 is 0. The van der Waals surface area contributed by atoms with Crippen molar-refractivity contribution < 1.29 is 19.5 Å². The maximum absolute atomic E-state index is 11.8. The van der Waals surface area contributed by atoms with Crippen LogP contribution >= 0.6 is 0 Å². The summed E-state index contributed by atoms with van der Waals surface area (Å²) in [4.78, 5) is 34.9. The average molecular weight is 288 g/mol. The van der Waals surface area contributed by atoms with Crippen molar-refractivity contribution in [3.63, 3.8) is 0 Å². The van der Waals surface area contributed by atoms with Crippen molar-refractivity contribution >= 4 is 23.9 Å². The fourth-order valence-electron chi connectivity index (χ4n) is 2.16. The van der Waals surface area contributed by atoms with E-state index < -0.39 is 11.9 Å². The first-order chi connectivity index (χ1) is 9.95. The lowest BCUT2D eigenvalue weighted by atomic mass is 9.96. The summed E-state index contributed by atoms with van der Waals surface area (Å²) in [6.45, 7) is 0.964. The molecule has 21 heavy (non-hydrogen) atoms. The molecule has 1 aromatic carbocycles. The van der Waals surface area contributed by atoms with E-state index in [1.54, 1.807) is 35.2 Å². The number of hydrogen-bond donors (Lipinski definition) is 2. The summed E-state index contributed by atoms with van der Waals surface area (Å²) < 4.78 is 0. The molecule has 0 aliphatic carbocycles. The van der Waals surface area contributed by atoms with Crippen molar-refractivity contribution in [2.45, 2.75) is 6.42 Å². The normalized spacial score (nSPS) is 15.0. The van der Waals surface area contributed by atoms with Crippen LogP contribution in [0, 0.1) is 5.92 Å². The summed E-state index contributed by atoms with van der Waals surface area (Å²) in [5, 5.41) is 8.64. The molecule has 0 unspecified atom stereocenters. The minimum absolute atomic E-state index is 0.0506. The van der Waals surface area contributed by atoms with Crippen LogP contribution in [0.1, 0.15) is 22.3 Å². The second kappa shape index (κ2) is 6.21. The van der Waals surface area contributed by atoms with E-state index in [9.17, 15) is 14.4 Å². The van der Waals surface area contributed by atoms with Crippen molar-refractivity contribution in [2.24, 2.45) is 11.7 Å². The van der Waals surface area contributed by atoms with Crippen LogP contribution in [0.15, 0.2) is 30.3 Å². The first kappa shape index (κ1) is 14.8. The monoisotopic (exact) mass is 288 g/mol. The highest BCUT2D eigenvalue weighted by molar-refractivity contribution is 5.94. The molecule has 0 aromatic heterocycles. The number of aliphatic carboxylic acids is 1. The zero-order valence-electron chi connectivity index (χ0n) is 11.4. The molecule has 0 saturated carbocycles. The zero-order chi connectivity index (χ0) is 15.4. The molecule has 0 spiro atoms. The van der Waals surface area contributed by atoms with E-state index in [2.05, 4.69) is 0 Å². The van der Waals surface area contributed by atoms with Gasteiger partial charge in [-0.05, 0) is 23.8 Å². The summed E-state index contributed by atoms with van der Waals surface area (Å²) in [5.74, 6) is -1.42. The Morgan fingerprint density at radius 3 is 2.38 bits per heavy atom. The van der Waals surface area contributed by atoms with E-state index in [0.717, 1.165) is 5.56 Å². The van der Waals surface area contributed by atoms with Gasteiger partial charge >= 0.3 is 5.97 Å². The fourth-order valence-corrected chi connectivity index (χ4v) is 2.16. The number of carboxylic acid groups (broad SMARTS) is 1. The van der Waals surface area contributed by atoms with E-state index in [0.29, 0.717) is 18.7 Å². The molecule has 0 bridgehead atoms. The number of nitrogens with zero attached hydrogens (tertiary/aromatic N) is 1. The van der Waals surface area contributed by atoms with Crippen molar-refractivity contribution in [2.75, 3.05) is 13.1 Å². The van der Waals surface area contributed by atoms with Crippen LogP contribution in [0.25, 0.3) is 6.08 Å². The minimum atomic E-state index is -0.836. The Morgan fingerprint density at radius 1 is 1.24 bits per heavy atom. The highest BCUT2D eigenvalue weighted by Crippen LogP contribution is 2.19. The molecule has 2 amide bonds. The van der Waals surface area contributed by atoms with Gasteiger partial charge in [-0.1, -0.05) is 12.1 Å². The minimum Gasteiger partial charge on any atom is -0.481 e. The van der Waals surface area contributed by atoms with Crippen molar-refractivity contribution in [1.29, 1.82) is 0 Å². The second-order valence-corrected chi connectivity index (χ2v) is 5.03. The predicted molar refractivity (Wildman–Crippen MR) is 76.3 cm³/mol. The topological polar surface area (TPSA) is 101 Å². The number of carbonyl (C=O) groups is 3. The molecule has 2 rings (SSSR count). The molecule has 6 heteroatoms. The fraction of sp³-hybridized carbons (Fsp3) is 0.267. The van der Waals surface area contributed by atoms with Gasteiger partial charge in [0.1, 0.15) is 0 Å². The lowest BCUT2D eigenvalue weighted by molar-refractivity contribution is -0.143. The predicted octanol–water partition coefficient (Wildman–Crippen LogP) is 0.732. The van der Waals surface area contributed by atoms with E-state index >= 15 is 0 Å². The lowest BCUT2D eigenvalue weighted by Gasteiger charge is -2.37. The van der Waals surface area contributed by atoms with Crippen LogP contribution in [-0.2, 0) is 9.59 Å². The summed E-state index contributed by atoms with van der Waals surface area (Å²) in [5.41, 5.74) is 6.34. The number of carbonyl (C=O) groups excluding carboxylic acids is 2. The number of hydrogen-bond acceptors (Lipinski definition) is 3. The molecule has 6 nitrogen and oxygen atoms in total. The first-order valence-electron chi connectivity index (χ1n) is 6.54. The number of nitrogens with two attached hydrogens (primary N) is 1. The van der Waals surface area contributed by atoms with Gasteiger partial charge in [-0.15, -0.1) is 0 Å². The molecule has 3 N–H and O–H groups in total. The molecule has 110 valence electrons. The molecular weight excluding hydrogens is 272 g/mol. The smallest absolute Gasteiger partial charge is 0.303 e. The number of primary amides is 1. The van der Waals surface area contributed by atoms with Crippen LogP contribution in [0.2, 0.25) is 0 Å². The van der Waals surface area contributed by atoms with Crippen molar-refractivity contribution in [3.8, 4) is 0 Å². The van der Waals surface area contributed by atoms with Gasteiger partial charge in [0, 0.05) is 30.6 Å². The van der Waals surface area contributed by atoms with E-state index in [4.69, 9.17) is 10.8 Å².